The molecule has 0 aliphatic rings. The van der Waals surface area contributed by atoms with E-state index in [1.165, 1.54) is 0 Å². The van der Waals surface area contributed by atoms with Crippen LogP contribution in [0, 0.1) is 0 Å². The quantitative estimate of drug-likeness (QED) is 0.195. The predicted octanol–water partition coefficient (Wildman–Crippen LogP) is 10.2. The number of imidazole rings is 1. The molecule has 0 bridgehead atoms. The van der Waals surface area contributed by atoms with E-state index in [9.17, 15) is 4.79 Å². The number of hydrogen-bond acceptors (Lipinski definition) is 2. The molecule has 0 atom stereocenters. The molecule has 0 saturated heterocycles. The Morgan fingerprint density at radius 1 is 0.388 bits per heavy atom. The van der Waals surface area contributed by atoms with Crippen LogP contribution in [0.1, 0.15) is 0 Å². The number of fused-ring (bicyclic) bond motifs is 7. The molecule has 0 spiro atoms. The van der Waals surface area contributed by atoms with E-state index in [2.05, 4.69) is 143 Å². The van der Waals surface area contributed by atoms with E-state index in [4.69, 9.17) is 4.98 Å². The van der Waals surface area contributed by atoms with Crippen LogP contribution in [0.25, 0.3) is 83.1 Å². The minimum atomic E-state index is -0.0908. The van der Waals surface area contributed by atoms with Gasteiger partial charge in [-0.2, -0.15) is 0 Å². The standard InChI is InChI=1S/C44H28N4O/c49-43-37-26-32(30-15-6-2-7-16-30)23-24-40(37)47(34-20-12-17-31(25-34)29-13-4-1-5-14-29)44-45-38-28-41-36(27-42(38)48(43)44)35-21-10-11-22-39(35)46(41)33-18-8-3-9-19-33/h1-28H. The lowest BCUT2D eigenvalue weighted by Crippen LogP contribution is -2.18. The predicted molar refractivity (Wildman–Crippen MR) is 201 cm³/mol. The molecule has 49 heavy (non-hydrogen) atoms. The molecule has 10 rings (SSSR count). The summed E-state index contributed by atoms with van der Waals surface area (Å²) >= 11 is 0. The van der Waals surface area contributed by atoms with Crippen LogP contribution in [0.3, 0.4) is 0 Å². The smallest absolute Gasteiger partial charge is 0.267 e. The molecule has 5 nitrogen and oxygen atoms in total. The molecule has 230 valence electrons. The molecule has 3 heterocycles. The van der Waals surface area contributed by atoms with Crippen molar-refractivity contribution in [2.75, 3.05) is 0 Å². The second-order valence-electron chi connectivity index (χ2n) is 12.4. The highest BCUT2D eigenvalue weighted by Gasteiger charge is 2.21. The second kappa shape index (κ2) is 10.7. The Bertz CT molecular complexity index is 2940. The average Bonchev–Trinajstić information content (AvgIpc) is 3.70. The molecule has 0 fully saturated rings. The summed E-state index contributed by atoms with van der Waals surface area (Å²) in [6, 6.07) is 58.3. The van der Waals surface area contributed by atoms with Gasteiger partial charge in [0.1, 0.15) is 0 Å². The highest BCUT2D eigenvalue weighted by Crippen LogP contribution is 2.36. The van der Waals surface area contributed by atoms with Crippen LogP contribution < -0.4 is 5.56 Å². The number of aromatic nitrogens is 4. The maximum Gasteiger partial charge on any atom is 0.267 e. The molecule has 0 amide bonds. The van der Waals surface area contributed by atoms with Crippen molar-refractivity contribution in [2.24, 2.45) is 0 Å². The lowest BCUT2D eigenvalue weighted by atomic mass is 10.0. The summed E-state index contributed by atoms with van der Waals surface area (Å²) in [7, 11) is 0. The van der Waals surface area contributed by atoms with Gasteiger partial charge in [0.15, 0.2) is 0 Å². The fraction of sp³-hybridized carbons (Fsp3) is 0. The zero-order chi connectivity index (χ0) is 32.5. The number of rotatable bonds is 4. The Kier molecular flexibility index (Phi) is 5.96. The molecule has 0 aliphatic carbocycles. The third kappa shape index (κ3) is 4.19. The lowest BCUT2D eigenvalue weighted by molar-refractivity contribution is 1.02. The van der Waals surface area contributed by atoms with Crippen molar-refractivity contribution < 1.29 is 0 Å². The van der Waals surface area contributed by atoms with E-state index in [1.807, 2.05) is 36.4 Å². The van der Waals surface area contributed by atoms with Gasteiger partial charge < -0.3 is 4.57 Å². The lowest BCUT2D eigenvalue weighted by Gasteiger charge is -2.15. The number of nitrogens with zero attached hydrogens (tertiary/aromatic N) is 4. The van der Waals surface area contributed by atoms with E-state index < -0.39 is 0 Å². The van der Waals surface area contributed by atoms with Crippen molar-refractivity contribution in [1.29, 1.82) is 0 Å². The third-order valence-corrected chi connectivity index (χ3v) is 9.63. The van der Waals surface area contributed by atoms with Gasteiger partial charge in [0.25, 0.3) is 5.56 Å². The summed E-state index contributed by atoms with van der Waals surface area (Å²) in [6.45, 7) is 0. The molecular weight excluding hydrogens is 601 g/mol. The van der Waals surface area contributed by atoms with Crippen molar-refractivity contribution in [1.82, 2.24) is 18.5 Å². The van der Waals surface area contributed by atoms with Crippen molar-refractivity contribution in [3.8, 4) is 33.6 Å². The first-order chi connectivity index (χ1) is 24.2. The van der Waals surface area contributed by atoms with Crippen LogP contribution in [0.2, 0.25) is 0 Å². The van der Waals surface area contributed by atoms with Gasteiger partial charge >= 0.3 is 0 Å². The first kappa shape index (κ1) is 27.4. The maximum absolute atomic E-state index is 14.7. The van der Waals surface area contributed by atoms with Gasteiger partial charge in [0.2, 0.25) is 5.78 Å². The number of para-hydroxylation sites is 2. The largest absolute Gasteiger partial charge is 0.309 e. The highest BCUT2D eigenvalue weighted by molar-refractivity contribution is 6.13. The van der Waals surface area contributed by atoms with Crippen LogP contribution in [0.4, 0.5) is 0 Å². The molecule has 0 N–H and O–H groups in total. The van der Waals surface area contributed by atoms with Gasteiger partial charge in [-0.15, -0.1) is 0 Å². The molecule has 7 aromatic carbocycles. The highest BCUT2D eigenvalue weighted by atomic mass is 16.1. The normalized spacial score (nSPS) is 11.8. The van der Waals surface area contributed by atoms with Crippen molar-refractivity contribution >= 4 is 49.5 Å². The van der Waals surface area contributed by atoms with Gasteiger partial charge in [-0.05, 0) is 76.9 Å². The van der Waals surface area contributed by atoms with Crippen LogP contribution in [-0.2, 0) is 0 Å². The Morgan fingerprint density at radius 2 is 1.00 bits per heavy atom. The average molecular weight is 629 g/mol. The van der Waals surface area contributed by atoms with E-state index in [-0.39, 0.29) is 5.56 Å². The van der Waals surface area contributed by atoms with Gasteiger partial charge in [0, 0.05) is 22.1 Å². The summed E-state index contributed by atoms with van der Waals surface area (Å²) < 4.78 is 6.22. The second-order valence-corrected chi connectivity index (χ2v) is 12.4. The maximum atomic E-state index is 14.7. The summed E-state index contributed by atoms with van der Waals surface area (Å²) in [5.41, 5.74) is 10.7. The SMILES string of the molecule is O=c1c2cc(-c3ccccc3)ccc2n(-c2cccc(-c3ccccc3)c2)c2nc3cc4c(cc3n12)c1ccccc1n4-c1ccccc1. The zero-order valence-electron chi connectivity index (χ0n) is 26.4. The third-order valence-electron chi connectivity index (χ3n) is 9.63. The zero-order valence-corrected chi connectivity index (χ0v) is 26.4. The van der Waals surface area contributed by atoms with Crippen LogP contribution in [-0.4, -0.2) is 18.5 Å². The molecule has 0 unspecified atom stereocenters. The first-order valence-electron chi connectivity index (χ1n) is 16.4. The molecule has 5 heteroatoms. The molecule has 0 saturated carbocycles. The topological polar surface area (TPSA) is 44.2 Å². The summed E-state index contributed by atoms with van der Waals surface area (Å²) in [4.78, 5) is 20.0. The number of hydrogen-bond donors (Lipinski definition) is 0. The summed E-state index contributed by atoms with van der Waals surface area (Å²) in [5.74, 6) is 0.577. The molecule has 0 aliphatic heterocycles. The van der Waals surface area contributed by atoms with Crippen molar-refractivity contribution in [3.63, 3.8) is 0 Å². The minimum Gasteiger partial charge on any atom is -0.309 e. The molecule has 3 aromatic heterocycles. The Balaban J connectivity index is 1.34. The van der Waals surface area contributed by atoms with Gasteiger partial charge in [0.05, 0.1) is 33.0 Å². The van der Waals surface area contributed by atoms with Gasteiger partial charge in [-0.3, -0.25) is 9.36 Å². The van der Waals surface area contributed by atoms with Crippen LogP contribution in [0.5, 0.6) is 0 Å². The molecular formula is C44H28N4O. The van der Waals surface area contributed by atoms with Crippen molar-refractivity contribution in [2.45, 2.75) is 0 Å². The van der Waals surface area contributed by atoms with Crippen molar-refractivity contribution in [3.05, 3.63) is 180 Å². The van der Waals surface area contributed by atoms with Gasteiger partial charge in [-0.25, -0.2) is 9.38 Å². The first-order valence-corrected chi connectivity index (χ1v) is 16.4. The minimum absolute atomic E-state index is 0.0908. The fourth-order valence-corrected chi connectivity index (χ4v) is 7.38. The van der Waals surface area contributed by atoms with E-state index in [1.54, 1.807) is 4.40 Å². The van der Waals surface area contributed by atoms with E-state index in [0.29, 0.717) is 11.2 Å². The Labute approximate surface area is 281 Å². The van der Waals surface area contributed by atoms with E-state index >= 15 is 0 Å². The van der Waals surface area contributed by atoms with Crippen LogP contribution >= 0.6 is 0 Å². The molecule has 0 radical (unpaired) electrons. The summed E-state index contributed by atoms with van der Waals surface area (Å²) in [5, 5.41) is 2.83. The fourth-order valence-electron chi connectivity index (χ4n) is 7.38. The summed E-state index contributed by atoms with van der Waals surface area (Å²) in [6.07, 6.45) is 0. The van der Waals surface area contributed by atoms with Crippen LogP contribution in [0.15, 0.2) is 175 Å². The molecule has 10 aromatic rings. The number of benzene rings is 7. The monoisotopic (exact) mass is 628 g/mol. The van der Waals surface area contributed by atoms with E-state index in [0.717, 1.165) is 72.0 Å². The Morgan fingerprint density at radius 3 is 1.76 bits per heavy atom. The Hall–Kier alpha value is -6.72. The van der Waals surface area contributed by atoms with Gasteiger partial charge in [-0.1, -0.05) is 115 Å².